The van der Waals surface area contributed by atoms with Crippen molar-refractivity contribution in [2.24, 2.45) is 5.10 Å². The molecule has 0 aliphatic carbocycles. The van der Waals surface area contributed by atoms with Gasteiger partial charge in [0.2, 0.25) is 5.16 Å². The lowest BCUT2D eigenvalue weighted by atomic mass is 10.2. The van der Waals surface area contributed by atoms with Crippen molar-refractivity contribution in [3.05, 3.63) is 64.9 Å². The molecule has 3 aromatic rings. The Morgan fingerprint density at radius 1 is 1.24 bits per heavy atom. The van der Waals surface area contributed by atoms with E-state index in [0.717, 1.165) is 16.8 Å². The van der Waals surface area contributed by atoms with Crippen molar-refractivity contribution in [1.82, 2.24) is 19.9 Å². The highest BCUT2D eigenvalue weighted by Crippen LogP contribution is 2.25. The number of aromatic nitrogens is 4. The number of halogens is 1. The number of nitrogens with two attached hydrogens (primary N) is 1. The van der Waals surface area contributed by atoms with Crippen molar-refractivity contribution in [2.75, 3.05) is 11.3 Å². The van der Waals surface area contributed by atoms with E-state index < -0.39 is 0 Å². The number of hydrazone groups is 1. The molecule has 3 rings (SSSR count). The molecule has 0 saturated heterocycles. The maximum atomic E-state index is 6.16. The van der Waals surface area contributed by atoms with Gasteiger partial charge in [0.05, 0.1) is 5.71 Å². The summed E-state index contributed by atoms with van der Waals surface area (Å²) in [6.45, 7) is 1.88. The van der Waals surface area contributed by atoms with Gasteiger partial charge in [0.15, 0.2) is 0 Å². The largest absolute Gasteiger partial charge is 0.334 e. The minimum atomic E-state index is 0.357. The quantitative estimate of drug-likeness (QED) is 0.298. The third-order valence-electron chi connectivity index (χ3n) is 3.40. The van der Waals surface area contributed by atoms with E-state index in [9.17, 15) is 0 Å². The minimum Gasteiger partial charge on any atom is -0.334 e. The molecule has 0 amide bonds. The predicted molar refractivity (Wildman–Crippen MR) is 101 cm³/mol. The van der Waals surface area contributed by atoms with Crippen LogP contribution in [0, 0.1) is 0 Å². The first-order valence-corrected chi connectivity index (χ1v) is 8.79. The highest BCUT2D eigenvalue weighted by molar-refractivity contribution is 7.98. The van der Waals surface area contributed by atoms with Gasteiger partial charge in [-0.15, -0.1) is 10.2 Å². The summed E-state index contributed by atoms with van der Waals surface area (Å²) in [5.41, 5.74) is 5.59. The van der Waals surface area contributed by atoms with E-state index in [0.29, 0.717) is 21.9 Å². The second-order valence-corrected chi connectivity index (χ2v) is 6.45. The van der Waals surface area contributed by atoms with Crippen LogP contribution >= 0.6 is 23.4 Å². The van der Waals surface area contributed by atoms with Gasteiger partial charge in [-0.2, -0.15) is 5.10 Å². The van der Waals surface area contributed by atoms with Crippen LogP contribution in [0.2, 0.25) is 5.02 Å². The van der Waals surface area contributed by atoms with Crippen LogP contribution in [0.25, 0.3) is 0 Å². The topological polar surface area (TPSA) is 94.0 Å². The van der Waals surface area contributed by atoms with Crippen LogP contribution in [0.3, 0.4) is 0 Å². The number of pyridine rings is 1. The SMILES string of the molecule is C/C(=N\Nc1nnc(SCc2ccccc2Cl)n1N)c1ccncc1. The molecule has 128 valence electrons. The molecule has 25 heavy (non-hydrogen) atoms. The summed E-state index contributed by atoms with van der Waals surface area (Å²) in [5.74, 6) is 7.03. The Bertz CT molecular complexity index is 879. The number of nitrogens with zero attached hydrogens (tertiary/aromatic N) is 5. The normalized spacial score (nSPS) is 11.5. The van der Waals surface area contributed by atoms with Crippen LogP contribution in [0.5, 0.6) is 0 Å². The van der Waals surface area contributed by atoms with Gasteiger partial charge >= 0.3 is 0 Å². The molecule has 0 aliphatic heterocycles. The molecule has 0 spiro atoms. The number of nitrogen functional groups attached to an aromatic ring is 1. The fourth-order valence-corrected chi connectivity index (χ4v) is 3.14. The molecule has 0 atom stereocenters. The zero-order chi connectivity index (χ0) is 17.6. The van der Waals surface area contributed by atoms with Crippen molar-refractivity contribution in [2.45, 2.75) is 17.8 Å². The number of hydrogen-bond donors (Lipinski definition) is 2. The lowest BCUT2D eigenvalue weighted by Crippen LogP contribution is -2.13. The van der Waals surface area contributed by atoms with Gasteiger partial charge in [0, 0.05) is 28.7 Å². The molecule has 0 aliphatic rings. The van der Waals surface area contributed by atoms with Crippen molar-refractivity contribution >= 4 is 35.0 Å². The third-order valence-corrected chi connectivity index (χ3v) is 4.76. The molecule has 7 nitrogen and oxygen atoms in total. The molecule has 0 saturated carbocycles. The number of thioether (sulfide) groups is 1. The first kappa shape index (κ1) is 17.2. The van der Waals surface area contributed by atoms with Gasteiger partial charge < -0.3 is 5.84 Å². The molecule has 3 N–H and O–H groups in total. The van der Waals surface area contributed by atoms with Gasteiger partial charge in [-0.05, 0) is 30.7 Å². The number of anilines is 1. The number of nitrogens with one attached hydrogen (secondary N) is 1. The van der Waals surface area contributed by atoms with Crippen LogP contribution in [-0.4, -0.2) is 25.6 Å². The fraction of sp³-hybridized carbons (Fsp3) is 0.125. The Morgan fingerprint density at radius 3 is 2.76 bits per heavy atom. The summed E-state index contributed by atoms with van der Waals surface area (Å²) in [5, 5.41) is 13.7. The van der Waals surface area contributed by atoms with Crippen molar-refractivity contribution < 1.29 is 0 Å². The first-order valence-electron chi connectivity index (χ1n) is 7.42. The molecule has 0 unspecified atom stereocenters. The van der Waals surface area contributed by atoms with E-state index >= 15 is 0 Å². The average molecular weight is 374 g/mol. The maximum absolute atomic E-state index is 6.16. The maximum Gasteiger partial charge on any atom is 0.264 e. The molecule has 2 heterocycles. The Balaban J connectivity index is 1.66. The standard InChI is InChI=1S/C16H16ClN7S/c1-11(12-6-8-19-9-7-12)20-21-15-22-23-16(24(15)18)25-10-13-4-2-3-5-14(13)17/h2-9H,10,18H2,1H3,(H,21,22)/b20-11+. The van der Waals surface area contributed by atoms with E-state index in [2.05, 4.69) is 25.7 Å². The second kappa shape index (κ2) is 8.00. The molecule has 9 heteroatoms. The van der Waals surface area contributed by atoms with Crippen LogP contribution < -0.4 is 11.3 Å². The molecule has 1 aromatic carbocycles. The second-order valence-electron chi connectivity index (χ2n) is 5.10. The first-order chi connectivity index (χ1) is 12.1. The van der Waals surface area contributed by atoms with Crippen molar-refractivity contribution in [3.8, 4) is 0 Å². The number of rotatable bonds is 6. The molecule has 0 fully saturated rings. The van der Waals surface area contributed by atoms with E-state index in [1.54, 1.807) is 12.4 Å². The number of hydrogen-bond acceptors (Lipinski definition) is 7. The van der Waals surface area contributed by atoms with Gasteiger partial charge in [-0.25, -0.2) is 10.1 Å². The van der Waals surface area contributed by atoms with Crippen molar-refractivity contribution in [3.63, 3.8) is 0 Å². The van der Waals surface area contributed by atoms with Crippen LogP contribution in [0.4, 0.5) is 5.95 Å². The summed E-state index contributed by atoms with van der Waals surface area (Å²) in [6, 6.07) is 11.4. The highest BCUT2D eigenvalue weighted by Gasteiger charge is 2.11. The van der Waals surface area contributed by atoms with Gasteiger partial charge in [0.25, 0.3) is 5.95 Å². The van der Waals surface area contributed by atoms with E-state index in [1.165, 1.54) is 16.4 Å². The average Bonchev–Trinajstić information content (AvgIpc) is 2.99. The lowest BCUT2D eigenvalue weighted by Gasteiger charge is -2.05. The summed E-state index contributed by atoms with van der Waals surface area (Å²) < 4.78 is 1.37. The predicted octanol–water partition coefficient (Wildman–Crippen LogP) is 3.17. The Morgan fingerprint density at radius 2 is 2.00 bits per heavy atom. The molecular weight excluding hydrogens is 358 g/mol. The van der Waals surface area contributed by atoms with E-state index in [1.807, 2.05) is 43.3 Å². The van der Waals surface area contributed by atoms with E-state index in [4.69, 9.17) is 17.4 Å². The monoisotopic (exact) mass is 373 g/mol. The molecule has 2 aromatic heterocycles. The summed E-state index contributed by atoms with van der Waals surface area (Å²) >= 11 is 7.61. The van der Waals surface area contributed by atoms with Crippen LogP contribution in [0.15, 0.2) is 59.0 Å². The third kappa shape index (κ3) is 4.28. The van der Waals surface area contributed by atoms with E-state index in [-0.39, 0.29) is 0 Å². The minimum absolute atomic E-state index is 0.357. The summed E-state index contributed by atoms with van der Waals surface area (Å²) in [7, 11) is 0. The van der Waals surface area contributed by atoms with Gasteiger partial charge in [0.1, 0.15) is 0 Å². The molecular formula is C16H16ClN7S. The fourth-order valence-electron chi connectivity index (χ4n) is 2.00. The summed E-state index contributed by atoms with van der Waals surface area (Å²) in [4.78, 5) is 3.98. The Kier molecular flexibility index (Phi) is 5.52. The molecule has 0 radical (unpaired) electrons. The van der Waals surface area contributed by atoms with Crippen LogP contribution in [-0.2, 0) is 5.75 Å². The Hall–Kier alpha value is -2.58. The van der Waals surface area contributed by atoms with Gasteiger partial charge in [-0.1, -0.05) is 41.6 Å². The van der Waals surface area contributed by atoms with Crippen molar-refractivity contribution in [1.29, 1.82) is 0 Å². The lowest BCUT2D eigenvalue weighted by molar-refractivity contribution is 0.846. The Labute approximate surface area is 154 Å². The van der Waals surface area contributed by atoms with Crippen LogP contribution in [0.1, 0.15) is 18.1 Å². The smallest absolute Gasteiger partial charge is 0.264 e. The highest BCUT2D eigenvalue weighted by atomic mass is 35.5. The number of benzene rings is 1. The zero-order valence-corrected chi connectivity index (χ0v) is 15.0. The van der Waals surface area contributed by atoms with Gasteiger partial charge in [-0.3, -0.25) is 4.98 Å². The summed E-state index contributed by atoms with van der Waals surface area (Å²) in [6.07, 6.45) is 3.42. The molecule has 0 bridgehead atoms. The zero-order valence-electron chi connectivity index (χ0n) is 13.4.